The molecular formula is C16H20N4O3. The Kier molecular flexibility index (Phi) is 4.29. The van der Waals surface area contributed by atoms with Crippen LogP contribution in [0.2, 0.25) is 0 Å². The third kappa shape index (κ3) is 2.92. The van der Waals surface area contributed by atoms with E-state index in [2.05, 4.69) is 15.3 Å². The zero-order chi connectivity index (χ0) is 16.4. The van der Waals surface area contributed by atoms with E-state index in [9.17, 15) is 9.90 Å². The van der Waals surface area contributed by atoms with Crippen LogP contribution in [0.5, 0.6) is 5.88 Å². The maximum absolute atomic E-state index is 11.7. The molecule has 122 valence electrons. The Morgan fingerprint density at radius 3 is 2.87 bits per heavy atom. The van der Waals surface area contributed by atoms with Crippen LogP contribution < -0.4 is 15.0 Å². The van der Waals surface area contributed by atoms with Crippen LogP contribution in [0.15, 0.2) is 18.3 Å². The number of carbonyl (C=O) groups excluding carboxylic acids is 1. The molecular weight excluding hydrogens is 296 g/mol. The molecule has 1 aliphatic rings. The second-order valence-corrected chi connectivity index (χ2v) is 5.74. The van der Waals surface area contributed by atoms with Gasteiger partial charge in [-0.1, -0.05) is 0 Å². The Balaban J connectivity index is 2.03. The van der Waals surface area contributed by atoms with Crippen LogP contribution in [0.25, 0.3) is 11.0 Å². The first kappa shape index (κ1) is 15.5. The molecule has 23 heavy (non-hydrogen) atoms. The monoisotopic (exact) mass is 316 g/mol. The first-order valence-corrected chi connectivity index (χ1v) is 7.57. The average Bonchev–Trinajstić information content (AvgIpc) is 2.56. The highest BCUT2D eigenvalue weighted by molar-refractivity contribution is 6.01. The van der Waals surface area contributed by atoms with Gasteiger partial charge in [-0.3, -0.25) is 4.79 Å². The quantitative estimate of drug-likeness (QED) is 0.784. The molecule has 0 radical (unpaired) electrons. The number of hydrogen-bond donors (Lipinski definition) is 2. The maximum atomic E-state index is 11.7. The molecule has 0 bridgehead atoms. The van der Waals surface area contributed by atoms with Crippen LogP contribution in [0.3, 0.4) is 0 Å². The van der Waals surface area contributed by atoms with E-state index in [1.54, 1.807) is 31.3 Å². The molecule has 2 N–H and O–H groups in total. The number of pyridine rings is 2. The van der Waals surface area contributed by atoms with E-state index in [0.717, 1.165) is 36.0 Å². The zero-order valence-electron chi connectivity index (χ0n) is 13.2. The normalized spacial score (nSPS) is 20.0. The molecule has 2 aromatic heterocycles. The highest BCUT2D eigenvalue weighted by Crippen LogP contribution is 2.35. The fraction of sp³-hybridized carbons (Fsp3) is 0.438. The topological polar surface area (TPSA) is 87.6 Å². The van der Waals surface area contributed by atoms with Crippen molar-refractivity contribution in [2.45, 2.75) is 18.9 Å². The molecule has 7 heteroatoms. The number of rotatable bonds is 6. The summed E-state index contributed by atoms with van der Waals surface area (Å²) < 4.78 is 5.13. The zero-order valence-corrected chi connectivity index (χ0v) is 13.2. The third-order valence-corrected chi connectivity index (χ3v) is 4.23. The molecule has 1 aliphatic carbocycles. The fourth-order valence-electron chi connectivity index (χ4n) is 2.97. The smallest absolute Gasteiger partial charge is 0.215 e. The lowest BCUT2D eigenvalue weighted by Crippen LogP contribution is -2.38. The maximum Gasteiger partial charge on any atom is 0.215 e. The Labute approximate surface area is 134 Å². The van der Waals surface area contributed by atoms with Gasteiger partial charge in [0.2, 0.25) is 12.3 Å². The average molecular weight is 316 g/mol. The first-order chi connectivity index (χ1) is 11.2. The summed E-state index contributed by atoms with van der Waals surface area (Å²) in [5, 5.41) is 13.3. The summed E-state index contributed by atoms with van der Waals surface area (Å²) >= 11 is 0. The Bertz CT molecular complexity index is 716. The number of anilines is 2. The minimum Gasteiger partial charge on any atom is -0.481 e. The van der Waals surface area contributed by atoms with Gasteiger partial charge in [0, 0.05) is 25.0 Å². The summed E-state index contributed by atoms with van der Waals surface area (Å²) in [6, 6.07) is 3.61. The SMILES string of the molecule is CNc1cnc2nc(OC)ccc2c1N(C=O)CC1CC(O)C1. The number of nitrogens with one attached hydrogen (secondary N) is 1. The summed E-state index contributed by atoms with van der Waals surface area (Å²) in [6.45, 7) is 0.570. The van der Waals surface area contributed by atoms with Crippen LogP contribution in [0, 0.1) is 5.92 Å². The van der Waals surface area contributed by atoms with Crippen LogP contribution in [-0.4, -0.2) is 48.3 Å². The van der Waals surface area contributed by atoms with Crippen molar-refractivity contribution in [1.82, 2.24) is 9.97 Å². The van der Waals surface area contributed by atoms with Crippen LogP contribution in [0.1, 0.15) is 12.8 Å². The highest BCUT2D eigenvalue weighted by Gasteiger charge is 2.30. The molecule has 2 heterocycles. The number of hydrogen-bond acceptors (Lipinski definition) is 6. The number of aliphatic hydroxyl groups is 1. The Morgan fingerprint density at radius 2 is 2.26 bits per heavy atom. The number of fused-ring (bicyclic) bond motifs is 1. The van der Waals surface area contributed by atoms with Crippen molar-refractivity contribution >= 4 is 28.8 Å². The summed E-state index contributed by atoms with van der Waals surface area (Å²) in [5.74, 6) is 0.794. The van der Waals surface area contributed by atoms with E-state index in [1.165, 1.54) is 0 Å². The predicted octanol–water partition coefficient (Wildman–Crippen LogP) is 1.41. The van der Waals surface area contributed by atoms with E-state index in [-0.39, 0.29) is 6.10 Å². The lowest BCUT2D eigenvalue weighted by atomic mass is 9.82. The predicted molar refractivity (Wildman–Crippen MR) is 87.8 cm³/mol. The van der Waals surface area contributed by atoms with Gasteiger partial charge in [0.1, 0.15) is 0 Å². The van der Waals surface area contributed by atoms with Gasteiger partial charge in [-0.25, -0.2) is 4.98 Å². The van der Waals surface area contributed by atoms with Crippen molar-refractivity contribution in [3.63, 3.8) is 0 Å². The van der Waals surface area contributed by atoms with Gasteiger partial charge in [0.05, 0.1) is 30.8 Å². The molecule has 0 aliphatic heterocycles. The second-order valence-electron chi connectivity index (χ2n) is 5.74. The molecule has 7 nitrogen and oxygen atoms in total. The van der Waals surface area contributed by atoms with Crippen molar-refractivity contribution in [1.29, 1.82) is 0 Å². The summed E-state index contributed by atoms with van der Waals surface area (Å²) in [4.78, 5) is 22.0. The number of amides is 1. The van der Waals surface area contributed by atoms with Crippen molar-refractivity contribution in [2.24, 2.45) is 5.92 Å². The Hall–Kier alpha value is -2.41. The Morgan fingerprint density at radius 1 is 1.48 bits per heavy atom. The number of methoxy groups -OCH3 is 1. The van der Waals surface area contributed by atoms with Crippen molar-refractivity contribution in [3.8, 4) is 5.88 Å². The van der Waals surface area contributed by atoms with E-state index in [0.29, 0.717) is 24.0 Å². The fourth-order valence-corrected chi connectivity index (χ4v) is 2.97. The largest absolute Gasteiger partial charge is 0.481 e. The molecule has 1 saturated carbocycles. The van der Waals surface area contributed by atoms with E-state index < -0.39 is 0 Å². The van der Waals surface area contributed by atoms with Gasteiger partial charge in [-0.15, -0.1) is 0 Å². The molecule has 1 amide bonds. The minimum atomic E-state index is -0.239. The summed E-state index contributed by atoms with van der Waals surface area (Å²) in [7, 11) is 3.34. The summed E-state index contributed by atoms with van der Waals surface area (Å²) in [6.07, 6.45) is 3.71. The minimum absolute atomic E-state index is 0.239. The van der Waals surface area contributed by atoms with Gasteiger partial charge in [0.15, 0.2) is 5.65 Å². The third-order valence-electron chi connectivity index (χ3n) is 4.23. The van der Waals surface area contributed by atoms with E-state index in [1.807, 2.05) is 6.07 Å². The molecule has 2 aromatic rings. The van der Waals surface area contributed by atoms with Crippen LogP contribution >= 0.6 is 0 Å². The van der Waals surface area contributed by atoms with E-state index in [4.69, 9.17) is 4.74 Å². The van der Waals surface area contributed by atoms with Crippen LogP contribution in [-0.2, 0) is 4.79 Å². The number of aliphatic hydroxyl groups excluding tert-OH is 1. The number of ether oxygens (including phenoxy) is 1. The molecule has 0 atom stereocenters. The summed E-state index contributed by atoms with van der Waals surface area (Å²) in [5.41, 5.74) is 2.04. The van der Waals surface area contributed by atoms with Gasteiger partial charge >= 0.3 is 0 Å². The van der Waals surface area contributed by atoms with Crippen LogP contribution in [0.4, 0.5) is 11.4 Å². The molecule has 0 aromatic carbocycles. The highest BCUT2D eigenvalue weighted by atomic mass is 16.5. The number of carbonyl (C=O) groups is 1. The number of nitrogens with zero attached hydrogens (tertiary/aromatic N) is 3. The van der Waals surface area contributed by atoms with Gasteiger partial charge in [0.25, 0.3) is 0 Å². The van der Waals surface area contributed by atoms with Crippen molar-refractivity contribution < 1.29 is 14.6 Å². The van der Waals surface area contributed by atoms with Gasteiger partial charge in [-0.2, -0.15) is 4.98 Å². The van der Waals surface area contributed by atoms with Crippen molar-refractivity contribution in [3.05, 3.63) is 18.3 Å². The molecule has 1 fully saturated rings. The molecule has 3 rings (SSSR count). The first-order valence-electron chi connectivity index (χ1n) is 7.57. The molecule has 0 unspecified atom stereocenters. The van der Waals surface area contributed by atoms with Crippen molar-refractivity contribution in [2.75, 3.05) is 30.9 Å². The second kappa shape index (κ2) is 6.37. The van der Waals surface area contributed by atoms with Gasteiger partial charge < -0.3 is 20.1 Å². The standard InChI is InChI=1S/C16H20N4O3/c1-17-13-7-18-16-12(3-4-14(19-16)23-2)15(13)20(9-21)8-10-5-11(22)6-10/h3-4,7,9-11,17,22H,5-6,8H2,1-2H3. The van der Waals surface area contributed by atoms with Gasteiger partial charge in [-0.05, 0) is 24.8 Å². The lowest BCUT2D eigenvalue weighted by Gasteiger charge is -2.35. The molecule has 0 saturated heterocycles. The molecule has 0 spiro atoms. The van der Waals surface area contributed by atoms with E-state index >= 15 is 0 Å². The number of aromatic nitrogens is 2. The lowest BCUT2D eigenvalue weighted by molar-refractivity contribution is -0.107.